The highest BCUT2D eigenvalue weighted by molar-refractivity contribution is 6.39. The van der Waals surface area contributed by atoms with E-state index < -0.39 is 23.1 Å². The number of rotatable bonds is 4. The van der Waals surface area contributed by atoms with Crippen LogP contribution in [0.25, 0.3) is 11.3 Å². The standard InChI is InChI=1S/C27H25N5O3/c33-24(21-16-30-23-20(21)8-12-29-22(23)19-7-4-11-28-15-19)26(35)32-14-13-31(17-27(32)9-10-27)25(34)18-5-2-1-3-6-18/h1-8,11-12,15,21,30H,9-10,13-14,16-17H2. The lowest BCUT2D eigenvalue weighted by molar-refractivity contribution is -0.149. The molecule has 1 saturated carbocycles. The Morgan fingerprint density at radius 1 is 0.971 bits per heavy atom. The highest BCUT2D eigenvalue weighted by Crippen LogP contribution is 2.45. The van der Waals surface area contributed by atoms with Crippen molar-refractivity contribution in [2.24, 2.45) is 0 Å². The Morgan fingerprint density at radius 3 is 2.54 bits per heavy atom. The van der Waals surface area contributed by atoms with Crippen LogP contribution in [0.1, 0.15) is 34.7 Å². The number of anilines is 1. The van der Waals surface area contributed by atoms with Crippen LogP contribution in [0.3, 0.4) is 0 Å². The van der Waals surface area contributed by atoms with Gasteiger partial charge >= 0.3 is 0 Å². The van der Waals surface area contributed by atoms with Gasteiger partial charge in [0.25, 0.3) is 11.8 Å². The maximum absolute atomic E-state index is 13.5. The van der Waals surface area contributed by atoms with Crippen LogP contribution in [-0.2, 0) is 9.59 Å². The second kappa shape index (κ2) is 8.30. The van der Waals surface area contributed by atoms with Crippen molar-refractivity contribution in [3.8, 4) is 11.3 Å². The number of benzene rings is 1. The maximum Gasteiger partial charge on any atom is 0.291 e. The van der Waals surface area contributed by atoms with Crippen molar-refractivity contribution in [3.63, 3.8) is 0 Å². The van der Waals surface area contributed by atoms with Crippen LogP contribution in [0.2, 0.25) is 0 Å². The first-order valence-corrected chi connectivity index (χ1v) is 11.9. The number of ketones is 1. The SMILES string of the molecule is O=C(C(=O)N1CCN(C(=O)c2ccccc2)CC12CC2)C1CNc2c1ccnc2-c1cccnc1. The Kier molecular flexibility index (Phi) is 5.09. The summed E-state index contributed by atoms with van der Waals surface area (Å²) in [5, 5.41) is 3.30. The number of carbonyl (C=O) groups excluding carboxylic acids is 3. The van der Waals surface area contributed by atoms with Gasteiger partial charge in [-0.1, -0.05) is 18.2 Å². The average Bonchev–Trinajstić information content (AvgIpc) is 3.53. The minimum atomic E-state index is -0.560. The van der Waals surface area contributed by atoms with E-state index in [9.17, 15) is 14.4 Å². The van der Waals surface area contributed by atoms with Crippen LogP contribution >= 0.6 is 0 Å². The molecule has 2 aromatic heterocycles. The molecule has 1 aromatic carbocycles. The molecule has 1 aliphatic carbocycles. The van der Waals surface area contributed by atoms with Crippen molar-refractivity contribution in [1.82, 2.24) is 19.8 Å². The number of nitrogens with one attached hydrogen (secondary N) is 1. The summed E-state index contributed by atoms with van der Waals surface area (Å²) in [6, 6.07) is 14.8. The molecule has 4 heterocycles. The Balaban J connectivity index is 1.20. The second-order valence-corrected chi connectivity index (χ2v) is 9.44. The first-order valence-electron chi connectivity index (χ1n) is 11.9. The zero-order valence-electron chi connectivity index (χ0n) is 19.2. The number of piperazine rings is 1. The Bertz CT molecular complexity index is 1310. The first-order chi connectivity index (χ1) is 17.1. The Labute approximate surface area is 203 Å². The van der Waals surface area contributed by atoms with Gasteiger partial charge in [-0.15, -0.1) is 0 Å². The van der Waals surface area contributed by atoms with Gasteiger partial charge in [0, 0.05) is 55.9 Å². The van der Waals surface area contributed by atoms with Crippen LogP contribution in [0.5, 0.6) is 0 Å². The fourth-order valence-corrected chi connectivity index (χ4v) is 5.31. The molecule has 1 saturated heterocycles. The summed E-state index contributed by atoms with van der Waals surface area (Å²) < 4.78 is 0. The largest absolute Gasteiger partial charge is 0.382 e. The van der Waals surface area contributed by atoms with E-state index >= 15 is 0 Å². The quantitative estimate of drug-likeness (QED) is 0.593. The topological polar surface area (TPSA) is 95.5 Å². The van der Waals surface area contributed by atoms with E-state index in [-0.39, 0.29) is 5.91 Å². The van der Waals surface area contributed by atoms with E-state index in [1.165, 1.54) is 0 Å². The fourth-order valence-electron chi connectivity index (χ4n) is 5.31. The number of nitrogens with zero attached hydrogens (tertiary/aromatic N) is 4. The molecule has 0 radical (unpaired) electrons. The van der Waals surface area contributed by atoms with Gasteiger partial charge in [-0.25, -0.2) is 0 Å². The monoisotopic (exact) mass is 467 g/mol. The number of carbonyl (C=O) groups is 3. The minimum absolute atomic E-state index is 0.0281. The van der Waals surface area contributed by atoms with Gasteiger partial charge in [0.1, 0.15) is 0 Å². The molecule has 3 aliphatic rings. The number of aromatic nitrogens is 2. The number of fused-ring (bicyclic) bond motifs is 1. The first kappa shape index (κ1) is 21.5. The summed E-state index contributed by atoms with van der Waals surface area (Å²) >= 11 is 0. The fraction of sp³-hybridized carbons (Fsp3) is 0.296. The summed E-state index contributed by atoms with van der Waals surface area (Å²) in [6.45, 7) is 1.61. The van der Waals surface area contributed by atoms with Crippen LogP contribution in [-0.4, -0.2) is 69.1 Å². The van der Waals surface area contributed by atoms with E-state index in [1.807, 2.05) is 53.4 Å². The Morgan fingerprint density at radius 2 is 1.80 bits per heavy atom. The number of pyridine rings is 2. The minimum Gasteiger partial charge on any atom is -0.382 e. The molecule has 35 heavy (non-hydrogen) atoms. The lowest BCUT2D eigenvalue weighted by Crippen LogP contribution is -2.60. The molecule has 1 N–H and O–H groups in total. The smallest absolute Gasteiger partial charge is 0.291 e. The molecule has 2 aliphatic heterocycles. The number of hydrogen-bond acceptors (Lipinski definition) is 6. The molecule has 1 spiro atoms. The number of hydrogen-bond donors (Lipinski definition) is 1. The van der Waals surface area contributed by atoms with E-state index in [4.69, 9.17) is 0 Å². The molecule has 2 amide bonds. The molecule has 1 unspecified atom stereocenters. The van der Waals surface area contributed by atoms with Crippen molar-refractivity contribution >= 4 is 23.3 Å². The normalized spacial score (nSPS) is 19.7. The average molecular weight is 468 g/mol. The van der Waals surface area contributed by atoms with Crippen LogP contribution < -0.4 is 5.32 Å². The van der Waals surface area contributed by atoms with E-state index in [0.717, 1.165) is 35.3 Å². The van der Waals surface area contributed by atoms with Crippen molar-refractivity contribution < 1.29 is 14.4 Å². The zero-order valence-corrected chi connectivity index (χ0v) is 19.2. The van der Waals surface area contributed by atoms with Crippen molar-refractivity contribution in [2.45, 2.75) is 24.3 Å². The molecule has 1 atom stereocenters. The van der Waals surface area contributed by atoms with Gasteiger partial charge in [0.2, 0.25) is 5.78 Å². The van der Waals surface area contributed by atoms with Gasteiger partial charge in [-0.3, -0.25) is 24.4 Å². The van der Waals surface area contributed by atoms with E-state index in [1.54, 1.807) is 23.5 Å². The molecule has 8 heteroatoms. The van der Waals surface area contributed by atoms with Crippen molar-refractivity contribution in [2.75, 3.05) is 31.5 Å². The molecule has 6 rings (SSSR count). The highest BCUT2D eigenvalue weighted by atomic mass is 16.2. The molecule has 8 nitrogen and oxygen atoms in total. The predicted octanol–water partition coefficient (Wildman–Crippen LogP) is 2.74. The molecule has 176 valence electrons. The molecule has 2 fully saturated rings. The number of Topliss-reactive ketones (excluding diaryl/α,β-unsaturated/α-hetero) is 1. The lowest BCUT2D eigenvalue weighted by atomic mass is 9.94. The predicted molar refractivity (Wildman–Crippen MR) is 130 cm³/mol. The Hall–Kier alpha value is -4.07. The van der Waals surface area contributed by atoms with Gasteiger partial charge in [-0.05, 0) is 48.7 Å². The molecular formula is C27H25N5O3. The van der Waals surface area contributed by atoms with Crippen molar-refractivity contribution in [1.29, 1.82) is 0 Å². The molecule has 3 aromatic rings. The third-order valence-electron chi connectivity index (χ3n) is 7.34. The lowest BCUT2D eigenvalue weighted by Gasteiger charge is -2.42. The van der Waals surface area contributed by atoms with Gasteiger partial charge in [0.15, 0.2) is 0 Å². The van der Waals surface area contributed by atoms with Gasteiger partial charge < -0.3 is 15.1 Å². The van der Waals surface area contributed by atoms with Gasteiger partial charge in [-0.2, -0.15) is 0 Å². The highest BCUT2D eigenvalue weighted by Gasteiger charge is 2.55. The van der Waals surface area contributed by atoms with E-state index in [2.05, 4.69) is 15.3 Å². The number of amides is 2. The third kappa shape index (κ3) is 3.65. The summed E-state index contributed by atoms with van der Waals surface area (Å²) in [5.74, 6) is -1.45. The van der Waals surface area contributed by atoms with Crippen molar-refractivity contribution in [3.05, 3.63) is 78.2 Å². The molecule has 0 bridgehead atoms. The summed E-state index contributed by atoms with van der Waals surface area (Å²) in [7, 11) is 0. The van der Waals surface area contributed by atoms with Crippen LogP contribution in [0.15, 0.2) is 67.1 Å². The van der Waals surface area contributed by atoms with E-state index in [0.29, 0.717) is 31.7 Å². The molecular weight excluding hydrogens is 442 g/mol. The summed E-state index contributed by atoms with van der Waals surface area (Å²) in [4.78, 5) is 52.1. The zero-order chi connectivity index (χ0) is 24.0. The second-order valence-electron chi connectivity index (χ2n) is 9.44. The summed E-state index contributed by atoms with van der Waals surface area (Å²) in [6.07, 6.45) is 6.72. The van der Waals surface area contributed by atoms with Crippen LogP contribution in [0, 0.1) is 0 Å². The van der Waals surface area contributed by atoms with Gasteiger partial charge in [0.05, 0.1) is 22.8 Å². The summed E-state index contributed by atoms with van der Waals surface area (Å²) in [5.41, 5.74) is 3.37. The maximum atomic E-state index is 13.5. The van der Waals surface area contributed by atoms with Crippen LogP contribution in [0.4, 0.5) is 5.69 Å². The third-order valence-corrected chi connectivity index (χ3v) is 7.34.